The molecule has 288 valence electrons. The van der Waals surface area contributed by atoms with Crippen molar-refractivity contribution in [3.05, 3.63) is 130 Å². The van der Waals surface area contributed by atoms with E-state index in [2.05, 4.69) is 0 Å². The van der Waals surface area contributed by atoms with Crippen LogP contribution < -0.4 is 14.5 Å². The maximum atomic E-state index is 15.3. The van der Waals surface area contributed by atoms with E-state index < -0.39 is 87.8 Å². The average Bonchev–Trinajstić information content (AvgIpc) is 3.55. The fraction of sp³-hybridized carbons (Fsp3) is 0.268. The molecule has 4 aromatic rings. The molecule has 6 atom stereocenters. The van der Waals surface area contributed by atoms with Crippen molar-refractivity contribution < 1.29 is 55.4 Å². The number of halogens is 7. The summed E-state index contributed by atoms with van der Waals surface area (Å²) in [5, 5.41) is 11.8. The molecule has 2 aliphatic carbocycles. The topological polar surface area (TPSA) is 104 Å². The molecule has 0 unspecified atom stereocenters. The number of hydrogen-bond acceptors (Lipinski definition) is 6. The number of hydrogen-bond donors (Lipinski definition) is 1. The van der Waals surface area contributed by atoms with Crippen LogP contribution >= 0.6 is 11.6 Å². The van der Waals surface area contributed by atoms with Crippen LogP contribution in [0.4, 0.5) is 37.7 Å². The van der Waals surface area contributed by atoms with Crippen LogP contribution in [-0.2, 0) is 36.9 Å². The summed E-state index contributed by atoms with van der Waals surface area (Å²) < 4.78 is 88.9. The van der Waals surface area contributed by atoms with Gasteiger partial charge in [0.2, 0.25) is 23.6 Å². The Hall–Kier alpha value is -5.63. The van der Waals surface area contributed by atoms with Gasteiger partial charge in [-0.2, -0.15) is 26.3 Å². The summed E-state index contributed by atoms with van der Waals surface area (Å²) in [7, 11) is 1.39. The van der Waals surface area contributed by atoms with E-state index in [0.717, 1.165) is 4.90 Å². The highest BCUT2D eigenvalue weighted by Crippen LogP contribution is 2.65. The largest absolute Gasteiger partial charge is 0.508 e. The second-order valence-corrected chi connectivity index (χ2v) is 14.7. The lowest BCUT2D eigenvalue weighted by Gasteiger charge is -2.50. The first-order valence-corrected chi connectivity index (χ1v) is 17.8. The molecule has 8 nitrogen and oxygen atoms in total. The molecule has 4 aromatic carbocycles. The Labute approximate surface area is 319 Å². The molecule has 1 saturated carbocycles. The number of carbonyl (C=O) groups excluding carboxylic acids is 4. The Morgan fingerprint density at radius 1 is 0.750 bits per heavy atom. The summed E-state index contributed by atoms with van der Waals surface area (Å²) in [6, 6.07) is 19.4. The second kappa shape index (κ2) is 13.0. The van der Waals surface area contributed by atoms with Crippen LogP contribution in [0.3, 0.4) is 0 Å². The van der Waals surface area contributed by atoms with Crippen LogP contribution in [0.15, 0.2) is 103 Å². The Balaban J connectivity index is 1.34. The molecule has 0 radical (unpaired) electrons. The number of rotatable bonds is 5. The number of anilines is 2. The quantitative estimate of drug-likeness (QED) is 0.124. The molecular weight excluding hydrogens is 766 g/mol. The van der Waals surface area contributed by atoms with Gasteiger partial charge < -0.3 is 9.84 Å². The fourth-order valence-corrected chi connectivity index (χ4v) is 9.49. The third-order valence-corrected chi connectivity index (χ3v) is 11.8. The van der Waals surface area contributed by atoms with Crippen LogP contribution in [-0.4, -0.2) is 35.8 Å². The molecule has 4 aliphatic rings. The molecule has 0 bridgehead atoms. The van der Waals surface area contributed by atoms with Gasteiger partial charge in [-0.05, 0) is 78.9 Å². The summed E-state index contributed by atoms with van der Waals surface area (Å²) in [4.78, 5) is 60.1. The Kier molecular flexibility index (Phi) is 8.64. The number of fused-ring (bicyclic) bond motifs is 4. The lowest BCUT2D eigenvalue weighted by molar-refractivity contribution is -0.143. The number of benzene rings is 4. The fourth-order valence-electron chi connectivity index (χ4n) is 9.30. The smallest absolute Gasteiger partial charge is 0.416 e. The minimum absolute atomic E-state index is 0.0921. The van der Waals surface area contributed by atoms with Crippen LogP contribution in [0.2, 0.25) is 5.02 Å². The van der Waals surface area contributed by atoms with E-state index in [0.29, 0.717) is 28.2 Å². The third kappa shape index (κ3) is 5.51. The van der Waals surface area contributed by atoms with Crippen molar-refractivity contribution in [3.63, 3.8) is 0 Å². The van der Waals surface area contributed by atoms with Crippen LogP contribution in [0.5, 0.6) is 11.5 Å². The summed E-state index contributed by atoms with van der Waals surface area (Å²) in [6.07, 6.45) is -9.25. The molecule has 2 aliphatic heterocycles. The minimum atomic E-state index is -5.25. The van der Waals surface area contributed by atoms with Gasteiger partial charge in [-0.15, -0.1) is 0 Å². The van der Waals surface area contributed by atoms with Gasteiger partial charge in [0, 0.05) is 16.5 Å². The zero-order valence-corrected chi connectivity index (χ0v) is 29.8. The summed E-state index contributed by atoms with van der Waals surface area (Å²) in [5.74, 6) is -9.43. The summed E-state index contributed by atoms with van der Waals surface area (Å²) in [5.41, 5.74) is -4.96. The first-order chi connectivity index (χ1) is 26.5. The Morgan fingerprint density at radius 3 is 2.05 bits per heavy atom. The molecule has 1 N–H and O–H groups in total. The predicted molar refractivity (Wildman–Crippen MR) is 190 cm³/mol. The van der Waals surface area contributed by atoms with Crippen LogP contribution in [0, 0.1) is 23.7 Å². The average molecular weight is 795 g/mol. The maximum absolute atomic E-state index is 15.3. The molecule has 15 heteroatoms. The van der Waals surface area contributed by atoms with E-state index in [4.69, 9.17) is 16.3 Å². The maximum Gasteiger partial charge on any atom is 0.416 e. The Bertz CT molecular complexity index is 2330. The number of phenols is 1. The zero-order chi connectivity index (χ0) is 40.1. The van der Waals surface area contributed by atoms with Crippen molar-refractivity contribution in [1.82, 2.24) is 0 Å². The van der Waals surface area contributed by atoms with Gasteiger partial charge in [0.1, 0.15) is 11.5 Å². The molecule has 3 fully saturated rings. The van der Waals surface area contributed by atoms with Gasteiger partial charge in [-0.1, -0.05) is 59.6 Å². The van der Waals surface area contributed by atoms with Crippen molar-refractivity contribution in [2.24, 2.45) is 23.7 Å². The van der Waals surface area contributed by atoms with E-state index in [1.807, 2.05) is 0 Å². The van der Waals surface area contributed by atoms with Crippen molar-refractivity contribution >= 4 is 46.6 Å². The lowest BCUT2D eigenvalue weighted by Crippen LogP contribution is -2.53. The van der Waals surface area contributed by atoms with Gasteiger partial charge in [-0.3, -0.25) is 19.2 Å². The van der Waals surface area contributed by atoms with Crippen molar-refractivity contribution in [3.8, 4) is 11.5 Å². The molecule has 4 amide bonds. The van der Waals surface area contributed by atoms with Crippen LogP contribution in [0.25, 0.3) is 0 Å². The van der Waals surface area contributed by atoms with Crippen LogP contribution in [0.1, 0.15) is 41.0 Å². The predicted octanol–water partition coefficient (Wildman–Crippen LogP) is 8.46. The molecule has 56 heavy (non-hydrogen) atoms. The molecule has 0 spiro atoms. The van der Waals surface area contributed by atoms with E-state index >= 15 is 4.79 Å². The van der Waals surface area contributed by atoms with Gasteiger partial charge >= 0.3 is 12.4 Å². The number of alkyl halides is 6. The van der Waals surface area contributed by atoms with Gasteiger partial charge in [0.15, 0.2) is 0 Å². The molecule has 8 rings (SSSR count). The molecular formula is C41H29ClF6N2O6. The van der Waals surface area contributed by atoms with Gasteiger partial charge in [0.05, 0.1) is 52.8 Å². The Morgan fingerprint density at radius 2 is 1.43 bits per heavy atom. The highest BCUT2D eigenvalue weighted by atomic mass is 35.5. The molecule has 2 saturated heterocycles. The van der Waals surface area contributed by atoms with Gasteiger partial charge in [-0.25, -0.2) is 9.80 Å². The van der Waals surface area contributed by atoms with E-state index in [1.54, 1.807) is 48.5 Å². The van der Waals surface area contributed by atoms with Gasteiger partial charge in [0.25, 0.3) is 0 Å². The second-order valence-electron chi connectivity index (χ2n) is 14.3. The molecule has 2 heterocycles. The first-order valence-electron chi connectivity index (χ1n) is 17.4. The number of methoxy groups -OCH3 is 1. The number of imide groups is 2. The number of phenolic OH excluding ortho intramolecular Hbond substituents is 1. The normalized spacial score (nSPS) is 26.2. The number of amides is 4. The van der Waals surface area contributed by atoms with Crippen molar-refractivity contribution in [2.75, 3.05) is 16.9 Å². The monoisotopic (exact) mass is 794 g/mol. The summed E-state index contributed by atoms with van der Waals surface area (Å²) in [6.45, 7) is 0. The van der Waals surface area contributed by atoms with E-state index in [1.165, 1.54) is 37.4 Å². The van der Waals surface area contributed by atoms with E-state index in [-0.39, 0.29) is 46.7 Å². The number of allylic oxidation sites excluding steroid dienone is 2. The van der Waals surface area contributed by atoms with Crippen molar-refractivity contribution in [2.45, 2.75) is 36.5 Å². The number of carbonyl (C=O) groups is 4. The number of nitrogens with zero attached hydrogens (tertiary/aromatic N) is 2. The lowest BCUT2D eigenvalue weighted by atomic mass is 9.49. The van der Waals surface area contributed by atoms with E-state index in [9.17, 15) is 45.8 Å². The number of ether oxygens (including phenoxy) is 1. The highest BCUT2D eigenvalue weighted by Gasteiger charge is 2.70. The summed E-state index contributed by atoms with van der Waals surface area (Å²) >= 11 is 6.32. The third-order valence-electron chi connectivity index (χ3n) is 11.5. The standard InChI is InChI=1S/C41H29ClF6N2O6/c1-56-26-10-13-32(51)30(18-26)34-27-11-12-28-33(37(54)49(35(28)52)25-15-21(40(43,44)45)14-22(16-25)41(46,47)48)29(27)19-31-36(53)50(24-9-5-8-23(42)17-24)38(55)39(31,34)20-6-3-2-4-7-20/h2-11,13-18,28-29,31,33-34,51H,12,19H2,1H3/t28-,29+,31-,33-,34+,39+/m0/s1. The van der Waals surface area contributed by atoms with Crippen molar-refractivity contribution in [1.29, 1.82) is 0 Å². The SMILES string of the molecule is COc1ccc(O)c([C@H]2C3=CC[C@@H]4C(=O)N(c5cc(C(F)(F)F)cc(C(F)(F)F)c5)C(=O)[C@@H]4[C@@H]3C[C@H]3C(=O)N(c4cccc(Cl)c4)C(=O)[C@@]23c2ccccc2)c1. The number of aromatic hydroxyl groups is 1. The minimum Gasteiger partial charge on any atom is -0.508 e. The first kappa shape index (κ1) is 37.3. The molecule has 0 aromatic heterocycles. The zero-order valence-electron chi connectivity index (χ0n) is 29.1. The highest BCUT2D eigenvalue weighted by molar-refractivity contribution is 6.32.